The van der Waals surface area contributed by atoms with Crippen LogP contribution in [0.1, 0.15) is 37.3 Å². The van der Waals surface area contributed by atoms with Crippen LogP contribution in [0.2, 0.25) is 0 Å². The zero-order valence-electron chi connectivity index (χ0n) is 9.93. The monoisotopic (exact) mass is 330 g/mol. The molecular formula is C13H16BrClN2O. The molecule has 0 radical (unpaired) electrons. The summed E-state index contributed by atoms with van der Waals surface area (Å²) in [5.74, 6) is 0.0602. The first-order chi connectivity index (χ1) is 8.18. The van der Waals surface area contributed by atoms with Crippen molar-refractivity contribution in [1.29, 1.82) is 0 Å². The predicted octanol–water partition coefficient (Wildman–Crippen LogP) is 3.16. The van der Waals surface area contributed by atoms with Crippen molar-refractivity contribution in [2.75, 3.05) is 4.90 Å². The Morgan fingerprint density at radius 1 is 1.28 bits per heavy atom. The highest BCUT2D eigenvalue weighted by Gasteiger charge is 2.39. The van der Waals surface area contributed by atoms with Crippen LogP contribution in [0.15, 0.2) is 22.7 Å². The lowest BCUT2D eigenvalue weighted by molar-refractivity contribution is -0.119. The van der Waals surface area contributed by atoms with E-state index in [1.54, 1.807) is 0 Å². The average molecular weight is 332 g/mol. The topological polar surface area (TPSA) is 46.3 Å². The minimum Gasteiger partial charge on any atom is -0.316 e. The van der Waals surface area contributed by atoms with Gasteiger partial charge in [-0.2, -0.15) is 0 Å². The molecule has 1 heterocycles. The van der Waals surface area contributed by atoms with E-state index in [0.717, 1.165) is 28.6 Å². The molecule has 1 aromatic rings. The molecule has 2 N–H and O–H groups in total. The van der Waals surface area contributed by atoms with Gasteiger partial charge in [-0.25, -0.2) is 0 Å². The van der Waals surface area contributed by atoms with Crippen LogP contribution in [0.5, 0.6) is 0 Å². The Morgan fingerprint density at radius 3 is 2.61 bits per heavy atom. The van der Waals surface area contributed by atoms with Gasteiger partial charge in [-0.1, -0.05) is 28.8 Å². The van der Waals surface area contributed by atoms with Crippen molar-refractivity contribution < 1.29 is 4.79 Å². The summed E-state index contributed by atoms with van der Waals surface area (Å²) in [4.78, 5) is 14.2. The van der Waals surface area contributed by atoms with Crippen molar-refractivity contribution in [2.45, 2.75) is 37.8 Å². The zero-order valence-corrected chi connectivity index (χ0v) is 12.3. The molecule has 0 aromatic heterocycles. The summed E-state index contributed by atoms with van der Waals surface area (Å²) in [7, 11) is 0. The van der Waals surface area contributed by atoms with Gasteiger partial charge in [0, 0.05) is 21.8 Å². The third-order valence-corrected chi connectivity index (χ3v) is 4.27. The van der Waals surface area contributed by atoms with Gasteiger partial charge in [0.25, 0.3) is 0 Å². The quantitative estimate of drug-likeness (QED) is 0.859. The number of nitrogens with zero attached hydrogens (tertiary/aromatic N) is 1. The molecule has 18 heavy (non-hydrogen) atoms. The maximum Gasteiger partial charge on any atom is 0.248 e. The van der Waals surface area contributed by atoms with E-state index in [2.05, 4.69) is 15.9 Å². The van der Waals surface area contributed by atoms with Gasteiger partial charge in [0.1, 0.15) is 6.04 Å². The summed E-state index contributed by atoms with van der Waals surface area (Å²) in [6.07, 6.45) is 4.65. The highest BCUT2D eigenvalue weighted by atomic mass is 79.9. The van der Waals surface area contributed by atoms with Crippen molar-refractivity contribution >= 4 is 39.9 Å². The molecule has 1 fully saturated rings. The largest absolute Gasteiger partial charge is 0.316 e. The maximum absolute atomic E-state index is 12.2. The minimum absolute atomic E-state index is 0. The number of nitrogens with two attached hydrogens (primary N) is 1. The first-order valence-corrected chi connectivity index (χ1v) is 6.86. The molecule has 0 bridgehead atoms. The normalized spacial score (nSPS) is 23.1. The molecule has 1 unspecified atom stereocenters. The zero-order chi connectivity index (χ0) is 12.0. The molecule has 0 spiro atoms. The van der Waals surface area contributed by atoms with Gasteiger partial charge in [-0.15, -0.1) is 12.4 Å². The highest BCUT2D eigenvalue weighted by molar-refractivity contribution is 9.10. The number of benzene rings is 1. The van der Waals surface area contributed by atoms with Crippen molar-refractivity contribution in [3.05, 3.63) is 28.2 Å². The SMILES string of the molecule is Cl.NC1C(=O)N(C2CCCC2)c2ccc(Br)cc21. The maximum atomic E-state index is 12.2. The minimum atomic E-state index is -0.483. The molecule has 2 aliphatic rings. The molecule has 98 valence electrons. The van der Waals surface area contributed by atoms with Gasteiger partial charge in [0.2, 0.25) is 5.91 Å². The van der Waals surface area contributed by atoms with Crippen LogP contribution in [0.25, 0.3) is 0 Å². The summed E-state index contributed by atoms with van der Waals surface area (Å²) in [6, 6.07) is 5.82. The highest BCUT2D eigenvalue weighted by Crippen LogP contribution is 2.40. The molecule has 3 nitrogen and oxygen atoms in total. The second kappa shape index (κ2) is 5.19. The van der Waals surface area contributed by atoms with E-state index in [0.29, 0.717) is 6.04 Å². The van der Waals surface area contributed by atoms with E-state index >= 15 is 0 Å². The molecule has 5 heteroatoms. The van der Waals surface area contributed by atoms with E-state index in [4.69, 9.17) is 5.73 Å². The Bertz CT molecular complexity index is 474. The van der Waals surface area contributed by atoms with Crippen LogP contribution in [-0.2, 0) is 4.79 Å². The van der Waals surface area contributed by atoms with E-state index in [1.807, 2.05) is 23.1 Å². The predicted molar refractivity (Wildman–Crippen MR) is 78.1 cm³/mol. The first kappa shape index (κ1) is 13.8. The second-order valence-corrected chi connectivity index (χ2v) is 5.74. The molecule has 1 amide bonds. The molecule has 3 rings (SSSR count). The number of amides is 1. The van der Waals surface area contributed by atoms with Gasteiger partial charge in [-0.3, -0.25) is 4.79 Å². The first-order valence-electron chi connectivity index (χ1n) is 6.06. The number of rotatable bonds is 1. The van der Waals surface area contributed by atoms with Crippen LogP contribution in [0, 0.1) is 0 Å². The van der Waals surface area contributed by atoms with Crippen LogP contribution in [0.3, 0.4) is 0 Å². The Labute approximate surface area is 121 Å². The van der Waals surface area contributed by atoms with Gasteiger partial charge in [0.15, 0.2) is 0 Å². The summed E-state index contributed by atoms with van der Waals surface area (Å²) in [5.41, 5.74) is 7.97. The van der Waals surface area contributed by atoms with Gasteiger partial charge < -0.3 is 10.6 Å². The average Bonchev–Trinajstić information content (AvgIpc) is 2.90. The Hall–Kier alpha value is -0.580. The summed E-state index contributed by atoms with van der Waals surface area (Å²) in [5, 5.41) is 0. The van der Waals surface area contributed by atoms with Gasteiger partial charge in [0.05, 0.1) is 0 Å². The lowest BCUT2D eigenvalue weighted by atomic mass is 10.1. The third-order valence-electron chi connectivity index (χ3n) is 3.78. The molecule has 1 aliphatic heterocycles. The molecule has 1 aliphatic carbocycles. The number of carbonyl (C=O) groups is 1. The van der Waals surface area contributed by atoms with Crippen molar-refractivity contribution in [2.24, 2.45) is 5.73 Å². The Kier molecular flexibility index (Phi) is 3.99. The number of carbonyl (C=O) groups excluding carboxylic acids is 1. The van der Waals surface area contributed by atoms with Crippen molar-refractivity contribution in [3.63, 3.8) is 0 Å². The number of halogens is 2. The van der Waals surface area contributed by atoms with Crippen LogP contribution in [-0.4, -0.2) is 11.9 Å². The lowest BCUT2D eigenvalue weighted by Crippen LogP contribution is -2.38. The summed E-state index contributed by atoms with van der Waals surface area (Å²) < 4.78 is 0.979. The Morgan fingerprint density at radius 2 is 1.94 bits per heavy atom. The Balaban J connectivity index is 0.00000120. The smallest absolute Gasteiger partial charge is 0.248 e. The molecular weight excluding hydrogens is 316 g/mol. The van der Waals surface area contributed by atoms with Crippen LogP contribution in [0.4, 0.5) is 5.69 Å². The van der Waals surface area contributed by atoms with E-state index in [9.17, 15) is 4.79 Å². The van der Waals surface area contributed by atoms with Crippen LogP contribution < -0.4 is 10.6 Å². The molecule has 1 atom stereocenters. The van der Waals surface area contributed by atoms with E-state index < -0.39 is 6.04 Å². The summed E-state index contributed by atoms with van der Waals surface area (Å²) in [6.45, 7) is 0. The number of fused-ring (bicyclic) bond motifs is 1. The lowest BCUT2D eigenvalue weighted by Gasteiger charge is -2.24. The van der Waals surface area contributed by atoms with Crippen LogP contribution >= 0.6 is 28.3 Å². The third kappa shape index (κ3) is 2.06. The standard InChI is InChI=1S/C13H15BrN2O.ClH/c14-8-5-6-11-10(7-8)12(15)13(17)16(11)9-3-1-2-4-9;/h5-7,9,12H,1-4,15H2;1H. The summed E-state index contributed by atoms with van der Waals surface area (Å²) >= 11 is 3.43. The van der Waals surface area contributed by atoms with E-state index in [-0.39, 0.29) is 18.3 Å². The van der Waals surface area contributed by atoms with Gasteiger partial charge >= 0.3 is 0 Å². The van der Waals surface area contributed by atoms with Gasteiger partial charge in [-0.05, 0) is 31.0 Å². The second-order valence-electron chi connectivity index (χ2n) is 4.83. The number of hydrogen-bond donors (Lipinski definition) is 1. The van der Waals surface area contributed by atoms with Crippen molar-refractivity contribution in [1.82, 2.24) is 0 Å². The fourth-order valence-corrected chi connectivity index (χ4v) is 3.31. The van der Waals surface area contributed by atoms with E-state index in [1.165, 1.54) is 12.8 Å². The number of hydrogen-bond acceptors (Lipinski definition) is 2. The van der Waals surface area contributed by atoms with Crippen molar-refractivity contribution in [3.8, 4) is 0 Å². The molecule has 1 aromatic carbocycles. The molecule has 1 saturated carbocycles. The fraction of sp³-hybridized carbons (Fsp3) is 0.462. The fourth-order valence-electron chi connectivity index (χ4n) is 2.93. The number of anilines is 1. The molecule has 0 saturated heterocycles.